The molecule has 0 bridgehead atoms. The SMILES string of the molecule is C[C@@H]1C[C@H]2[C@@H]3CCC4=CC(=O)C=C[C@]4(C)[C@@]3(F)C(OC(=O)C(C)(C)C)C[C@]2(C)[C@H]1C(=O)CO. The van der Waals surface area contributed by atoms with Gasteiger partial charge in [0.1, 0.15) is 12.7 Å². The fourth-order valence-corrected chi connectivity index (χ4v) is 7.76. The molecule has 0 aromatic rings. The highest BCUT2D eigenvalue weighted by atomic mass is 19.1. The molecule has 5 nitrogen and oxygen atoms in total. The van der Waals surface area contributed by atoms with Gasteiger partial charge in [0.25, 0.3) is 0 Å². The molecule has 0 aliphatic heterocycles. The molecular weight excluding hydrogens is 423 g/mol. The zero-order valence-corrected chi connectivity index (χ0v) is 20.6. The van der Waals surface area contributed by atoms with E-state index in [0.29, 0.717) is 19.3 Å². The van der Waals surface area contributed by atoms with E-state index in [9.17, 15) is 19.5 Å². The molecule has 4 aliphatic rings. The molecule has 0 spiro atoms. The summed E-state index contributed by atoms with van der Waals surface area (Å²) in [6.45, 7) is 10.5. The molecule has 1 N–H and O–H groups in total. The Kier molecular flexibility index (Phi) is 5.59. The normalized spacial score (nSPS) is 44.4. The van der Waals surface area contributed by atoms with Gasteiger partial charge in [-0.2, -0.15) is 0 Å². The monoisotopic (exact) mass is 460 g/mol. The first-order valence-corrected chi connectivity index (χ1v) is 12.2. The van der Waals surface area contributed by atoms with Crippen LogP contribution in [0, 0.1) is 39.9 Å². The maximum atomic E-state index is 17.8. The number of halogens is 1. The Labute approximate surface area is 195 Å². The second kappa shape index (κ2) is 7.59. The van der Waals surface area contributed by atoms with E-state index in [-0.39, 0.29) is 29.8 Å². The van der Waals surface area contributed by atoms with E-state index >= 15 is 4.39 Å². The summed E-state index contributed by atoms with van der Waals surface area (Å²) in [6, 6.07) is 0. The maximum Gasteiger partial charge on any atom is 0.311 e. The summed E-state index contributed by atoms with van der Waals surface area (Å²) in [4.78, 5) is 38.0. The Morgan fingerprint density at radius 3 is 2.52 bits per heavy atom. The number of hydrogen-bond acceptors (Lipinski definition) is 5. The van der Waals surface area contributed by atoms with Gasteiger partial charge >= 0.3 is 5.97 Å². The molecule has 0 aromatic heterocycles. The minimum absolute atomic E-state index is 0.00851. The molecule has 3 saturated carbocycles. The highest BCUT2D eigenvalue weighted by Gasteiger charge is 2.73. The van der Waals surface area contributed by atoms with E-state index in [0.717, 1.165) is 5.57 Å². The molecule has 8 atom stereocenters. The van der Waals surface area contributed by atoms with Crippen molar-refractivity contribution in [2.45, 2.75) is 79.0 Å². The summed E-state index contributed by atoms with van der Waals surface area (Å²) in [5.41, 5.74) is -3.58. The van der Waals surface area contributed by atoms with Gasteiger partial charge in [-0.05, 0) is 82.8 Å². The molecule has 0 aromatic carbocycles. The van der Waals surface area contributed by atoms with Gasteiger partial charge < -0.3 is 9.84 Å². The van der Waals surface area contributed by atoms with E-state index in [2.05, 4.69) is 0 Å². The van der Waals surface area contributed by atoms with Crippen molar-refractivity contribution in [3.05, 3.63) is 23.8 Å². The number of ether oxygens (including phenoxy) is 1. The fourth-order valence-electron chi connectivity index (χ4n) is 7.76. The average Bonchev–Trinajstić information content (AvgIpc) is 2.98. The molecular formula is C27H37FO5. The number of fused-ring (bicyclic) bond motifs is 5. The maximum absolute atomic E-state index is 17.8. The van der Waals surface area contributed by atoms with Crippen molar-refractivity contribution in [2.24, 2.45) is 39.9 Å². The zero-order valence-electron chi connectivity index (χ0n) is 20.6. The van der Waals surface area contributed by atoms with Gasteiger partial charge in [-0.3, -0.25) is 14.4 Å². The molecule has 0 amide bonds. The van der Waals surface area contributed by atoms with E-state index in [1.54, 1.807) is 32.9 Å². The van der Waals surface area contributed by atoms with Crippen LogP contribution in [0.3, 0.4) is 0 Å². The number of carbonyl (C=O) groups is 3. The van der Waals surface area contributed by atoms with Crippen LogP contribution in [0.4, 0.5) is 4.39 Å². The topological polar surface area (TPSA) is 80.7 Å². The highest BCUT2D eigenvalue weighted by molar-refractivity contribution is 6.01. The van der Waals surface area contributed by atoms with Crippen LogP contribution in [0.25, 0.3) is 0 Å². The lowest BCUT2D eigenvalue weighted by atomic mass is 9.45. The molecule has 4 rings (SSSR count). The molecule has 1 unspecified atom stereocenters. The first-order chi connectivity index (χ1) is 15.2. The van der Waals surface area contributed by atoms with E-state index in [1.165, 1.54) is 6.08 Å². The van der Waals surface area contributed by atoms with Gasteiger partial charge in [0.05, 0.1) is 5.41 Å². The number of carbonyl (C=O) groups excluding carboxylic acids is 3. The number of alkyl halides is 1. The Balaban J connectivity index is 1.86. The molecule has 33 heavy (non-hydrogen) atoms. The Bertz CT molecular complexity index is 945. The highest BCUT2D eigenvalue weighted by Crippen LogP contribution is 2.70. The summed E-state index contributed by atoms with van der Waals surface area (Å²) in [6.07, 6.45) is 5.65. The van der Waals surface area contributed by atoms with Crippen LogP contribution in [0.15, 0.2) is 23.8 Å². The van der Waals surface area contributed by atoms with Gasteiger partial charge in [-0.1, -0.05) is 25.5 Å². The van der Waals surface area contributed by atoms with Crippen LogP contribution in [0.5, 0.6) is 0 Å². The third-order valence-corrected chi connectivity index (χ3v) is 9.32. The smallest absolute Gasteiger partial charge is 0.311 e. The quantitative estimate of drug-likeness (QED) is 0.633. The standard InChI is InChI=1S/C27H37FO5/c1-15-11-19-18-8-7-16-12-17(30)9-10-26(16,6)27(18,28)21(33-23(32)24(2,3)4)13-25(19,5)22(15)20(31)14-29/h9-10,12,15,18-19,21-22,29H,7-8,11,13-14H2,1-6H3/t15-,18+,19+,21?,22-,25+,26+,27+/m1/s1. The van der Waals surface area contributed by atoms with Crippen molar-refractivity contribution in [1.29, 1.82) is 0 Å². The van der Waals surface area contributed by atoms with Crippen LogP contribution in [0.1, 0.15) is 67.2 Å². The second-order valence-electron chi connectivity index (χ2n) is 12.3. The number of ketones is 2. The number of rotatable bonds is 3. The Morgan fingerprint density at radius 1 is 1.24 bits per heavy atom. The van der Waals surface area contributed by atoms with Gasteiger partial charge in [0.15, 0.2) is 17.2 Å². The van der Waals surface area contributed by atoms with Crippen molar-refractivity contribution < 1.29 is 28.6 Å². The molecule has 0 heterocycles. The average molecular weight is 461 g/mol. The van der Waals surface area contributed by atoms with E-state index < -0.39 is 52.4 Å². The summed E-state index contributed by atoms with van der Waals surface area (Å²) in [5.74, 6) is -1.73. The minimum atomic E-state index is -1.89. The molecule has 0 radical (unpaired) electrons. The Morgan fingerprint density at radius 2 is 1.91 bits per heavy atom. The summed E-state index contributed by atoms with van der Waals surface area (Å²) in [7, 11) is 0. The number of allylic oxidation sites excluding steroid dienone is 4. The van der Waals surface area contributed by atoms with Crippen molar-refractivity contribution in [3.63, 3.8) is 0 Å². The summed E-state index contributed by atoms with van der Waals surface area (Å²) < 4.78 is 23.8. The lowest BCUT2D eigenvalue weighted by molar-refractivity contribution is -0.218. The number of aliphatic hydroxyl groups excluding tert-OH is 1. The fraction of sp³-hybridized carbons (Fsp3) is 0.741. The lowest BCUT2D eigenvalue weighted by Crippen LogP contribution is -2.67. The van der Waals surface area contributed by atoms with E-state index in [1.807, 2.05) is 20.8 Å². The van der Waals surface area contributed by atoms with Gasteiger partial charge in [0.2, 0.25) is 0 Å². The molecule has 3 fully saturated rings. The first kappa shape index (κ1) is 24.3. The molecule has 0 saturated heterocycles. The van der Waals surface area contributed by atoms with Crippen LogP contribution < -0.4 is 0 Å². The van der Waals surface area contributed by atoms with Crippen molar-refractivity contribution in [3.8, 4) is 0 Å². The predicted octanol–water partition coefficient (Wildman–Crippen LogP) is 4.38. The Hall–Kier alpha value is -1.82. The first-order valence-electron chi connectivity index (χ1n) is 12.2. The van der Waals surface area contributed by atoms with Crippen molar-refractivity contribution in [2.75, 3.05) is 6.61 Å². The van der Waals surface area contributed by atoms with Gasteiger partial charge in [-0.15, -0.1) is 0 Å². The summed E-state index contributed by atoms with van der Waals surface area (Å²) in [5, 5.41) is 9.68. The third-order valence-electron chi connectivity index (χ3n) is 9.32. The van der Waals surface area contributed by atoms with Gasteiger partial charge in [0, 0.05) is 17.3 Å². The van der Waals surface area contributed by atoms with Gasteiger partial charge in [-0.25, -0.2) is 4.39 Å². The predicted molar refractivity (Wildman–Crippen MR) is 122 cm³/mol. The van der Waals surface area contributed by atoms with Crippen LogP contribution in [-0.2, 0) is 19.1 Å². The number of Topliss-reactive ketones (excluding diaryl/α,β-unsaturated/α-hetero) is 1. The lowest BCUT2D eigenvalue weighted by Gasteiger charge is -2.62. The molecule has 4 aliphatic carbocycles. The number of aliphatic hydroxyl groups is 1. The second-order valence-corrected chi connectivity index (χ2v) is 12.3. The zero-order chi connectivity index (χ0) is 24.6. The third kappa shape index (κ3) is 3.30. The van der Waals surface area contributed by atoms with Crippen LogP contribution in [0.2, 0.25) is 0 Å². The molecule has 6 heteroatoms. The summed E-state index contributed by atoms with van der Waals surface area (Å²) >= 11 is 0. The number of hydrogen-bond donors (Lipinski definition) is 1. The van der Waals surface area contributed by atoms with E-state index in [4.69, 9.17) is 4.74 Å². The van der Waals surface area contributed by atoms with Crippen molar-refractivity contribution in [1.82, 2.24) is 0 Å². The minimum Gasteiger partial charge on any atom is -0.458 e. The van der Waals surface area contributed by atoms with Crippen LogP contribution >= 0.6 is 0 Å². The largest absolute Gasteiger partial charge is 0.458 e. The van der Waals surface area contributed by atoms with Crippen molar-refractivity contribution >= 4 is 17.5 Å². The number of esters is 1. The van der Waals surface area contributed by atoms with Crippen LogP contribution in [-0.4, -0.2) is 41.0 Å². The molecule has 182 valence electrons.